The number of nitrogens with one attached hydrogen (secondary N) is 2. The van der Waals surface area contributed by atoms with E-state index in [-0.39, 0.29) is 31.0 Å². The summed E-state index contributed by atoms with van der Waals surface area (Å²) in [5, 5.41) is 14.6. The summed E-state index contributed by atoms with van der Waals surface area (Å²) in [6.45, 7) is 0.885. The van der Waals surface area contributed by atoms with Gasteiger partial charge in [0.1, 0.15) is 18.5 Å². The van der Waals surface area contributed by atoms with E-state index in [1.165, 1.54) is 5.56 Å². The Hall–Kier alpha value is -3.03. The Morgan fingerprint density at radius 3 is 2.79 bits per heavy atom. The normalized spacial score (nSPS) is 18.6. The van der Waals surface area contributed by atoms with Crippen LogP contribution >= 0.6 is 11.6 Å². The van der Waals surface area contributed by atoms with Gasteiger partial charge in [-0.3, -0.25) is 9.59 Å². The molecular weight excluding hydrogens is 442 g/mol. The molecule has 1 aliphatic carbocycles. The molecule has 33 heavy (non-hydrogen) atoms. The highest BCUT2D eigenvalue weighted by molar-refractivity contribution is 6.31. The molecule has 172 valence electrons. The number of aliphatic hydroxyl groups excluding tert-OH is 1. The minimum atomic E-state index is -0.781. The zero-order chi connectivity index (χ0) is 22.9. The van der Waals surface area contributed by atoms with Crippen LogP contribution in [0.25, 0.3) is 10.9 Å². The van der Waals surface area contributed by atoms with E-state index in [4.69, 9.17) is 16.3 Å². The Bertz CT molecular complexity index is 1170. The molecule has 0 bridgehead atoms. The van der Waals surface area contributed by atoms with Gasteiger partial charge in [-0.05, 0) is 60.7 Å². The predicted octanol–water partition coefficient (Wildman–Crippen LogP) is 3.19. The van der Waals surface area contributed by atoms with Crippen LogP contribution in [0.2, 0.25) is 5.02 Å². The predicted molar refractivity (Wildman–Crippen MR) is 125 cm³/mol. The number of carbonyl (C=O) groups excluding carboxylic acids is 2. The number of amides is 2. The molecule has 5 rings (SSSR count). The van der Waals surface area contributed by atoms with E-state index in [0.29, 0.717) is 17.3 Å². The molecule has 2 heterocycles. The second-order valence-corrected chi connectivity index (χ2v) is 9.19. The zero-order valence-corrected chi connectivity index (χ0v) is 18.8. The van der Waals surface area contributed by atoms with Gasteiger partial charge in [-0.15, -0.1) is 0 Å². The summed E-state index contributed by atoms with van der Waals surface area (Å²) in [5.41, 5.74) is 4.16. The topological polar surface area (TPSA) is 94.7 Å². The van der Waals surface area contributed by atoms with E-state index < -0.39 is 6.10 Å². The van der Waals surface area contributed by atoms with Gasteiger partial charge in [0.05, 0.1) is 6.04 Å². The first-order valence-electron chi connectivity index (χ1n) is 11.2. The van der Waals surface area contributed by atoms with Crippen LogP contribution in [0.4, 0.5) is 0 Å². The average Bonchev–Trinajstić information content (AvgIpc) is 3.62. The van der Waals surface area contributed by atoms with Crippen molar-refractivity contribution in [3.05, 3.63) is 64.3 Å². The molecule has 8 heteroatoms. The van der Waals surface area contributed by atoms with Crippen molar-refractivity contribution in [3.63, 3.8) is 0 Å². The molecule has 1 saturated carbocycles. The maximum Gasteiger partial charge on any atom is 0.223 e. The summed E-state index contributed by atoms with van der Waals surface area (Å²) in [4.78, 5) is 28.8. The van der Waals surface area contributed by atoms with Gasteiger partial charge in [0, 0.05) is 40.6 Å². The highest BCUT2D eigenvalue weighted by atomic mass is 35.5. The minimum Gasteiger partial charge on any atom is -0.491 e. The van der Waals surface area contributed by atoms with E-state index in [0.717, 1.165) is 47.8 Å². The van der Waals surface area contributed by atoms with Crippen molar-refractivity contribution in [2.45, 2.75) is 31.4 Å². The molecule has 2 amide bonds. The van der Waals surface area contributed by atoms with Gasteiger partial charge in [0.25, 0.3) is 0 Å². The molecule has 0 radical (unpaired) electrons. The molecule has 2 aromatic carbocycles. The summed E-state index contributed by atoms with van der Waals surface area (Å²) in [5.74, 6) is 0.735. The molecular formula is C25H26ClN3O4. The fourth-order valence-electron chi connectivity index (χ4n) is 4.46. The van der Waals surface area contributed by atoms with Crippen LogP contribution in [-0.4, -0.2) is 53.1 Å². The minimum absolute atomic E-state index is 0.00392. The lowest BCUT2D eigenvalue weighted by molar-refractivity contribution is -0.123. The first-order valence-corrected chi connectivity index (χ1v) is 11.6. The first-order chi connectivity index (χ1) is 16.0. The van der Waals surface area contributed by atoms with Crippen molar-refractivity contribution in [1.29, 1.82) is 0 Å². The first kappa shape index (κ1) is 21.8. The van der Waals surface area contributed by atoms with Gasteiger partial charge in [0.15, 0.2) is 0 Å². The van der Waals surface area contributed by atoms with Crippen molar-refractivity contribution < 1.29 is 19.4 Å². The van der Waals surface area contributed by atoms with Crippen molar-refractivity contribution in [3.8, 4) is 5.75 Å². The number of aromatic amines is 1. The number of H-pyrrole nitrogens is 1. The second kappa shape index (κ2) is 9.08. The van der Waals surface area contributed by atoms with Crippen molar-refractivity contribution in [1.82, 2.24) is 15.2 Å². The van der Waals surface area contributed by atoms with Crippen LogP contribution in [0, 0.1) is 5.92 Å². The number of aromatic nitrogens is 1. The third kappa shape index (κ3) is 4.56. The standard InChI is InChI=1S/C25H26ClN3O4/c26-17-5-8-22-21(11-17)20-9-10-29(14-30)24(23(20)28-22)15-3-6-19(7-4-15)33-13-18(31)12-27-25(32)16-1-2-16/h3-8,11,14,16,18,24,28,31H,1-2,9-10,12-13H2,(H,27,32). The number of rotatable bonds is 8. The lowest BCUT2D eigenvalue weighted by Crippen LogP contribution is -2.36. The lowest BCUT2D eigenvalue weighted by atomic mass is 9.93. The van der Waals surface area contributed by atoms with Crippen LogP contribution in [0.5, 0.6) is 5.75 Å². The second-order valence-electron chi connectivity index (χ2n) is 8.76. The highest BCUT2D eigenvalue weighted by Gasteiger charge is 2.31. The largest absolute Gasteiger partial charge is 0.491 e. The summed E-state index contributed by atoms with van der Waals surface area (Å²) in [6, 6.07) is 13.1. The van der Waals surface area contributed by atoms with Gasteiger partial charge in [-0.1, -0.05) is 23.7 Å². The van der Waals surface area contributed by atoms with Gasteiger partial charge < -0.3 is 25.0 Å². The molecule has 2 unspecified atom stereocenters. The van der Waals surface area contributed by atoms with Crippen molar-refractivity contribution in [2.24, 2.45) is 5.92 Å². The van der Waals surface area contributed by atoms with E-state index in [1.54, 1.807) is 4.90 Å². The quantitative estimate of drug-likeness (QED) is 0.443. The molecule has 1 aliphatic heterocycles. The summed E-state index contributed by atoms with van der Waals surface area (Å²) in [6.07, 6.45) is 2.74. The summed E-state index contributed by atoms with van der Waals surface area (Å²) in [7, 11) is 0. The third-order valence-electron chi connectivity index (χ3n) is 6.36. The van der Waals surface area contributed by atoms with Crippen LogP contribution in [0.15, 0.2) is 42.5 Å². The lowest BCUT2D eigenvalue weighted by Gasteiger charge is -2.33. The molecule has 0 spiro atoms. The maximum atomic E-state index is 11.8. The SMILES string of the molecule is O=CN1CCc2c([nH]c3ccc(Cl)cc23)C1c1ccc(OCC(O)CNC(=O)C2CC2)cc1. The Kier molecular flexibility index (Phi) is 6.00. The molecule has 3 N–H and O–H groups in total. The highest BCUT2D eigenvalue weighted by Crippen LogP contribution is 2.38. The smallest absolute Gasteiger partial charge is 0.223 e. The van der Waals surface area contributed by atoms with Crippen LogP contribution < -0.4 is 10.1 Å². The zero-order valence-electron chi connectivity index (χ0n) is 18.1. The van der Waals surface area contributed by atoms with Crippen LogP contribution in [-0.2, 0) is 16.0 Å². The van der Waals surface area contributed by atoms with E-state index in [1.807, 2.05) is 42.5 Å². The molecule has 1 aromatic heterocycles. The van der Waals surface area contributed by atoms with Crippen molar-refractivity contribution >= 4 is 34.8 Å². The monoisotopic (exact) mass is 467 g/mol. The number of aliphatic hydroxyl groups is 1. The van der Waals surface area contributed by atoms with E-state index >= 15 is 0 Å². The third-order valence-corrected chi connectivity index (χ3v) is 6.60. The Morgan fingerprint density at radius 2 is 2.06 bits per heavy atom. The van der Waals surface area contributed by atoms with Gasteiger partial charge >= 0.3 is 0 Å². The number of carbonyl (C=O) groups is 2. The number of hydrogen-bond acceptors (Lipinski definition) is 4. The molecule has 3 aromatic rings. The Morgan fingerprint density at radius 1 is 1.27 bits per heavy atom. The number of nitrogens with zero attached hydrogens (tertiary/aromatic N) is 1. The van der Waals surface area contributed by atoms with Crippen LogP contribution in [0.1, 0.15) is 35.7 Å². The number of halogens is 1. The molecule has 0 saturated heterocycles. The number of hydrogen-bond donors (Lipinski definition) is 3. The fourth-order valence-corrected chi connectivity index (χ4v) is 4.63. The number of fused-ring (bicyclic) bond motifs is 3. The summed E-state index contributed by atoms with van der Waals surface area (Å²) < 4.78 is 5.70. The Balaban J connectivity index is 1.29. The van der Waals surface area contributed by atoms with Crippen LogP contribution in [0.3, 0.4) is 0 Å². The average molecular weight is 468 g/mol. The van der Waals surface area contributed by atoms with Crippen molar-refractivity contribution in [2.75, 3.05) is 19.7 Å². The maximum absolute atomic E-state index is 11.8. The molecule has 1 fully saturated rings. The summed E-state index contributed by atoms with van der Waals surface area (Å²) >= 11 is 6.22. The molecule has 2 aliphatic rings. The number of ether oxygens (including phenoxy) is 1. The van der Waals surface area contributed by atoms with E-state index in [9.17, 15) is 14.7 Å². The van der Waals surface area contributed by atoms with Gasteiger partial charge in [-0.2, -0.15) is 0 Å². The van der Waals surface area contributed by atoms with Gasteiger partial charge in [-0.25, -0.2) is 0 Å². The molecule has 2 atom stereocenters. The fraction of sp³-hybridized carbons (Fsp3) is 0.360. The van der Waals surface area contributed by atoms with Gasteiger partial charge in [0.2, 0.25) is 12.3 Å². The van der Waals surface area contributed by atoms with E-state index in [2.05, 4.69) is 10.3 Å². The molecule has 7 nitrogen and oxygen atoms in total. The Labute approximate surface area is 196 Å². The number of benzene rings is 2.